The largest absolute Gasteiger partial charge is 0.303 e. The number of hydroxylamine groups is 1. The van der Waals surface area contributed by atoms with Gasteiger partial charge in [-0.15, -0.1) is 0 Å². The quantitative estimate of drug-likeness (QED) is 0.657. The zero-order valence-corrected chi connectivity index (χ0v) is 14.4. The van der Waals surface area contributed by atoms with Crippen LogP contribution in [0.4, 0.5) is 4.39 Å². The first-order chi connectivity index (χ1) is 11.5. The SMILES string of the molecule is CN1CC2(CCCCC2)CC[C@H]1Cc1cc(F)cc(C(=O)NO)c1. The maximum atomic E-state index is 13.8. The summed E-state index contributed by atoms with van der Waals surface area (Å²) in [5.41, 5.74) is 3.04. The summed E-state index contributed by atoms with van der Waals surface area (Å²) >= 11 is 0. The lowest BCUT2D eigenvalue weighted by Gasteiger charge is -2.48. The first kappa shape index (κ1) is 17.4. The maximum Gasteiger partial charge on any atom is 0.274 e. The van der Waals surface area contributed by atoms with Gasteiger partial charge in [0.05, 0.1) is 0 Å². The number of carbonyl (C=O) groups excluding carboxylic acids is 1. The third kappa shape index (κ3) is 3.78. The van der Waals surface area contributed by atoms with Crippen molar-refractivity contribution in [3.8, 4) is 0 Å². The van der Waals surface area contributed by atoms with Gasteiger partial charge in [-0.3, -0.25) is 10.0 Å². The minimum absolute atomic E-state index is 0.162. The van der Waals surface area contributed by atoms with Gasteiger partial charge in [0.2, 0.25) is 0 Å². The molecule has 2 fully saturated rings. The molecule has 1 saturated heterocycles. The summed E-state index contributed by atoms with van der Waals surface area (Å²) in [6.45, 7) is 1.12. The third-order valence-corrected chi connectivity index (χ3v) is 5.92. The predicted octanol–water partition coefficient (Wildman–Crippen LogP) is 3.53. The second-order valence-corrected chi connectivity index (χ2v) is 7.66. The summed E-state index contributed by atoms with van der Waals surface area (Å²) in [6.07, 6.45) is 9.85. The van der Waals surface area contributed by atoms with Crippen LogP contribution in [-0.2, 0) is 6.42 Å². The summed E-state index contributed by atoms with van der Waals surface area (Å²) in [6, 6.07) is 4.70. The first-order valence-electron chi connectivity index (χ1n) is 8.95. The van der Waals surface area contributed by atoms with Gasteiger partial charge >= 0.3 is 0 Å². The molecule has 132 valence electrons. The van der Waals surface area contributed by atoms with Crippen LogP contribution in [-0.4, -0.2) is 35.6 Å². The smallest absolute Gasteiger partial charge is 0.274 e. The summed E-state index contributed by atoms with van der Waals surface area (Å²) in [7, 11) is 2.17. The molecule has 0 bridgehead atoms. The van der Waals surface area contributed by atoms with Crippen molar-refractivity contribution in [2.75, 3.05) is 13.6 Å². The standard InChI is InChI=1S/C19H27FN2O2/c1-22-13-19(6-3-2-4-7-19)8-5-17(22)11-14-9-15(18(23)21-24)12-16(20)10-14/h9-10,12,17,24H,2-8,11,13H2,1H3,(H,21,23)/t17-/m0/s1. The fraction of sp³-hybridized carbons (Fsp3) is 0.632. The van der Waals surface area contributed by atoms with Crippen LogP contribution >= 0.6 is 0 Å². The van der Waals surface area contributed by atoms with Gasteiger partial charge in [0.15, 0.2) is 0 Å². The van der Waals surface area contributed by atoms with Crippen LogP contribution in [0.15, 0.2) is 18.2 Å². The van der Waals surface area contributed by atoms with Crippen LogP contribution in [0.5, 0.6) is 0 Å². The molecular formula is C19H27FN2O2. The molecule has 24 heavy (non-hydrogen) atoms. The molecule has 1 aliphatic heterocycles. The lowest BCUT2D eigenvalue weighted by Crippen LogP contribution is -2.48. The van der Waals surface area contributed by atoms with E-state index in [0.717, 1.165) is 31.0 Å². The zero-order chi connectivity index (χ0) is 17.2. The van der Waals surface area contributed by atoms with E-state index in [9.17, 15) is 9.18 Å². The van der Waals surface area contributed by atoms with Gasteiger partial charge in [-0.05, 0) is 68.3 Å². The van der Waals surface area contributed by atoms with E-state index in [1.54, 1.807) is 11.5 Å². The molecule has 1 aliphatic carbocycles. The molecule has 5 heteroatoms. The highest BCUT2D eigenvalue weighted by atomic mass is 19.1. The van der Waals surface area contributed by atoms with Crippen molar-refractivity contribution in [2.45, 2.75) is 57.4 Å². The minimum Gasteiger partial charge on any atom is -0.303 e. The van der Waals surface area contributed by atoms with E-state index < -0.39 is 11.7 Å². The van der Waals surface area contributed by atoms with Crippen LogP contribution in [0, 0.1) is 11.2 Å². The Hall–Kier alpha value is -1.46. The van der Waals surface area contributed by atoms with Crippen molar-refractivity contribution in [2.24, 2.45) is 5.41 Å². The van der Waals surface area contributed by atoms with E-state index in [1.807, 2.05) is 0 Å². The Labute approximate surface area is 143 Å². The van der Waals surface area contributed by atoms with Gasteiger partial charge in [-0.25, -0.2) is 9.87 Å². The van der Waals surface area contributed by atoms with Crippen LogP contribution in [0.1, 0.15) is 60.9 Å². The Morgan fingerprint density at radius 2 is 2.04 bits per heavy atom. The first-order valence-corrected chi connectivity index (χ1v) is 8.95. The third-order valence-electron chi connectivity index (χ3n) is 5.92. The molecule has 0 unspecified atom stereocenters. The number of benzene rings is 1. The van der Waals surface area contributed by atoms with Crippen LogP contribution < -0.4 is 5.48 Å². The summed E-state index contributed by atoms with van der Waals surface area (Å²) in [5, 5.41) is 8.74. The van der Waals surface area contributed by atoms with E-state index in [2.05, 4.69) is 11.9 Å². The number of hydrogen-bond acceptors (Lipinski definition) is 3. The van der Waals surface area contributed by atoms with E-state index in [0.29, 0.717) is 11.5 Å². The molecule has 2 N–H and O–H groups in total. The predicted molar refractivity (Wildman–Crippen MR) is 90.5 cm³/mol. The second-order valence-electron chi connectivity index (χ2n) is 7.66. The topological polar surface area (TPSA) is 52.6 Å². The van der Waals surface area contributed by atoms with Crippen molar-refractivity contribution in [1.29, 1.82) is 0 Å². The Morgan fingerprint density at radius 1 is 1.29 bits per heavy atom. The monoisotopic (exact) mass is 334 g/mol. The Kier molecular flexibility index (Phi) is 5.21. The molecule has 0 radical (unpaired) electrons. The lowest BCUT2D eigenvalue weighted by molar-refractivity contribution is 0.0326. The fourth-order valence-electron chi connectivity index (χ4n) is 4.63. The molecular weight excluding hydrogens is 307 g/mol. The van der Waals surface area contributed by atoms with Gasteiger partial charge in [-0.2, -0.15) is 0 Å². The highest BCUT2D eigenvalue weighted by Gasteiger charge is 2.38. The van der Waals surface area contributed by atoms with E-state index in [-0.39, 0.29) is 5.56 Å². The zero-order valence-electron chi connectivity index (χ0n) is 14.4. The van der Waals surface area contributed by atoms with Gasteiger partial charge in [0.25, 0.3) is 5.91 Å². The average Bonchev–Trinajstić information content (AvgIpc) is 2.57. The summed E-state index contributed by atoms with van der Waals surface area (Å²) < 4.78 is 13.8. The van der Waals surface area contributed by atoms with Crippen LogP contribution in [0.3, 0.4) is 0 Å². The molecule has 1 atom stereocenters. The number of amides is 1. The number of hydrogen-bond donors (Lipinski definition) is 2. The Balaban J connectivity index is 1.68. The van der Waals surface area contributed by atoms with Gasteiger partial charge in [0.1, 0.15) is 5.82 Å². The normalized spacial score (nSPS) is 24.0. The van der Waals surface area contributed by atoms with Crippen molar-refractivity contribution in [3.63, 3.8) is 0 Å². The lowest BCUT2D eigenvalue weighted by atomic mass is 9.68. The molecule has 1 saturated carbocycles. The Bertz CT molecular complexity index is 599. The highest BCUT2D eigenvalue weighted by molar-refractivity contribution is 5.93. The van der Waals surface area contributed by atoms with Gasteiger partial charge < -0.3 is 4.90 Å². The maximum absolute atomic E-state index is 13.8. The molecule has 3 rings (SSSR count). The number of rotatable bonds is 3. The molecule has 4 nitrogen and oxygen atoms in total. The Morgan fingerprint density at radius 3 is 2.71 bits per heavy atom. The number of likely N-dealkylation sites (tertiary alicyclic amines) is 1. The second kappa shape index (κ2) is 7.19. The van der Waals surface area contributed by atoms with Crippen molar-refractivity contribution in [3.05, 3.63) is 35.1 Å². The summed E-state index contributed by atoms with van der Waals surface area (Å²) in [4.78, 5) is 14.0. The number of nitrogens with one attached hydrogen (secondary N) is 1. The highest BCUT2D eigenvalue weighted by Crippen LogP contribution is 2.44. The van der Waals surface area contributed by atoms with E-state index in [1.165, 1.54) is 44.6 Å². The molecule has 0 aromatic heterocycles. The van der Waals surface area contributed by atoms with Crippen LogP contribution in [0.2, 0.25) is 0 Å². The number of carbonyl (C=O) groups is 1. The van der Waals surface area contributed by atoms with E-state index in [4.69, 9.17) is 5.21 Å². The number of piperidine rings is 1. The average molecular weight is 334 g/mol. The van der Waals surface area contributed by atoms with Gasteiger partial charge in [0, 0.05) is 18.2 Å². The summed E-state index contributed by atoms with van der Waals surface area (Å²) in [5.74, 6) is -1.11. The number of halogens is 1. The van der Waals surface area contributed by atoms with Crippen molar-refractivity contribution in [1.82, 2.24) is 10.4 Å². The number of likely N-dealkylation sites (N-methyl/N-ethyl adjacent to an activating group) is 1. The molecule has 2 aliphatic rings. The number of nitrogens with zero attached hydrogens (tertiary/aromatic N) is 1. The minimum atomic E-state index is -0.672. The van der Waals surface area contributed by atoms with Gasteiger partial charge in [-0.1, -0.05) is 19.3 Å². The van der Waals surface area contributed by atoms with Crippen LogP contribution in [0.25, 0.3) is 0 Å². The molecule has 1 aromatic rings. The van der Waals surface area contributed by atoms with E-state index >= 15 is 0 Å². The molecule has 1 heterocycles. The molecule has 1 aromatic carbocycles. The van der Waals surface area contributed by atoms with Crippen molar-refractivity contribution >= 4 is 5.91 Å². The molecule has 1 amide bonds. The molecule has 1 spiro atoms. The van der Waals surface area contributed by atoms with Crippen molar-refractivity contribution < 1.29 is 14.4 Å². The fourth-order valence-corrected chi connectivity index (χ4v) is 4.63.